The van der Waals surface area contributed by atoms with E-state index in [0.29, 0.717) is 0 Å². The summed E-state index contributed by atoms with van der Waals surface area (Å²) in [5, 5.41) is 41.0. The summed E-state index contributed by atoms with van der Waals surface area (Å²) < 4.78 is 27.4. The summed E-state index contributed by atoms with van der Waals surface area (Å²) in [6.07, 6.45) is -2.50. The van der Waals surface area contributed by atoms with Crippen molar-refractivity contribution in [1.82, 2.24) is 5.32 Å². The number of carbonyl (C=O) groups is 3. The maximum Gasteiger partial charge on any atom is 0.331 e. The Morgan fingerprint density at radius 1 is 1.11 bits per heavy atom. The number of benzene rings is 2. The summed E-state index contributed by atoms with van der Waals surface area (Å²) in [6.45, 7) is 1.41. The monoisotopic (exact) mass is 524 g/mol. The summed E-state index contributed by atoms with van der Waals surface area (Å²) >= 11 is 0. The smallest absolute Gasteiger partial charge is 0.331 e. The molecule has 0 radical (unpaired) electrons. The molecule has 36 heavy (non-hydrogen) atoms. The van der Waals surface area contributed by atoms with Crippen LogP contribution in [0.5, 0.6) is 5.75 Å². The summed E-state index contributed by atoms with van der Waals surface area (Å²) in [6, 6.07) is 6.29. The number of esters is 1. The predicted octanol–water partition coefficient (Wildman–Crippen LogP) is 0.448. The molecule has 2 rings (SSSR count). The van der Waals surface area contributed by atoms with Crippen LogP contribution in [0.15, 0.2) is 47.4 Å². The molecule has 0 spiro atoms. The van der Waals surface area contributed by atoms with Crippen LogP contribution in [-0.2, 0) is 29.1 Å². The molecule has 194 valence electrons. The van der Waals surface area contributed by atoms with E-state index in [0.717, 1.165) is 18.2 Å². The van der Waals surface area contributed by atoms with Crippen LogP contribution in [0.2, 0.25) is 0 Å². The van der Waals surface area contributed by atoms with Gasteiger partial charge in [-0.15, -0.1) is 0 Å². The van der Waals surface area contributed by atoms with E-state index in [1.165, 1.54) is 31.2 Å². The molecule has 0 aliphatic carbocycles. The number of ether oxygens (including phenoxy) is 1. The van der Waals surface area contributed by atoms with Gasteiger partial charge in [-0.2, -0.15) is 0 Å². The number of anilines is 1. The van der Waals surface area contributed by atoms with Gasteiger partial charge in [-0.3, -0.25) is 19.7 Å². The molecule has 2 aromatic rings. The lowest BCUT2D eigenvalue weighted by molar-refractivity contribution is -0.386. The fraction of sp³-hybridized carbons (Fsp3) is 0.286. The number of hydrogen-bond acceptors (Lipinski definition) is 10. The molecule has 0 aliphatic rings. The van der Waals surface area contributed by atoms with Crippen molar-refractivity contribution in [3.8, 4) is 5.75 Å². The number of aromatic hydroxyl groups is 1. The number of primary sulfonamides is 1. The Balaban J connectivity index is 2.05. The van der Waals surface area contributed by atoms with Gasteiger partial charge in [-0.25, -0.2) is 18.4 Å². The lowest BCUT2D eigenvalue weighted by Gasteiger charge is -2.23. The zero-order valence-corrected chi connectivity index (χ0v) is 19.7. The number of phenolic OH excluding ortho intramolecular Hbond substituents is 1. The van der Waals surface area contributed by atoms with Crippen LogP contribution >= 0.6 is 0 Å². The maximum absolute atomic E-state index is 12.4. The molecule has 15 heteroatoms. The molecule has 0 saturated heterocycles. The van der Waals surface area contributed by atoms with Crippen molar-refractivity contribution in [3.63, 3.8) is 0 Å². The third kappa shape index (κ3) is 7.72. The molecular weight excluding hydrogens is 500 g/mol. The number of carbonyl (C=O) groups excluding carboxylic acids is 3. The Bertz CT molecular complexity index is 1250. The molecule has 0 aromatic heterocycles. The second-order valence-corrected chi connectivity index (χ2v) is 8.93. The Kier molecular flexibility index (Phi) is 9.43. The number of sulfonamides is 1. The van der Waals surface area contributed by atoms with Gasteiger partial charge in [0.05, 0.1) is 16.4 Å². The average molecular weight is 525 g/mol. The molecule has 6 N–H and O–H groups in total. The SMILES string of the molecule is CCOC(=O)C(NC(=O)CCC(=O)Nc1ccc(S(N)(=O)=O)cc1)C(O)c1ccc(O)c([N+](=O)[O-])c1. The Morgan fingerprint density at radius 3 is 2.28 bits per heavy atom. The van der Waals surface area contributed by atoms with Crippen molar-refractivity contribution in [2.75, 3.05) is 11.9 Å². The standard InChI is InChI=1S/C21H24N4O10S/c1-2-35-21(30)19(20(29)12-3-8-16(26)15(11-12)25(31)32)24-18(28)10-9-17(27)23-13-4-6-14(7-5-13)36(22,33)34/h3-8,11,19-20,26,29H,2,9-10H2,1H3,(H,23,27)(H,24,28)(H2,22,33,34). The third-order valence-corrected chi connectivity index (χ3v) is 5.69. The predicted molar refractivity (Wildman–Crippen MR) is 124 cm³/mol. The van der Waals surface area contributed by atoms with Crippen LogP contribution in [-0.4, -0.2) is 54.0 Å². The maximum atomic E-state index is 12.4. The Labute approximate surface area is 205 Å². The molecule has 0 saturated carbocycles. The van der Waals surface area contributed by atoms with Crippen LogP contribution in [0.1, 0.15) is 31.4 Å². The number of nitro groups is 1. The van der Waals surface area contributed by atoms with E-state index in [4.69, 9.17) is 9.88 Å². The van der Waals surface area contributed by atoms with Gasteiger partial charge in [0, 0.05) is 24.6 Å². The third-order valence-electron chi connectivity index (χ3n) is 4.76. The van der Waals surface area contributed by atoms with Gasteiger partial charge in [0.2, 0.25) is 21.8 Å². The van der Waals surface area contributed by atoms with E-state index in [1.54, 1.807) is 0 Å². The number of amides is 2. The fourth-order valence-corrected chi connectivity index (χ4v) is 3.50. The van der Waals surface area contributed by atoms with Crippen LogP contribution in [0, 0.1) is 10.1 Å². The molecule has 0 fully saturated rings. The topological polar surface area (TPSA) is 228 Å². The van der Waals surface area contributed by atoms with Crippen LogP contribution in [0.3, 0.4) is 0 Å². The van der Waals surface area contributed by atoms with Crippen molar-refractivity contribution in [2.24, 2.45) is 5.14 Å². The number of nitrogens with one attached hydrogen (secondary N) is 2. The molecule has 14 nitrogen and oxygen atoms in total. The fourth-order valence-electron chi connectivity index (χ4n) is 2.99. The highest BCUT2D eigenvalue weighted by Gasteiger charge is 2.32. The summed E-state index contributed by atoms with van der Waals surface area (Å²) in [7, 11) is -3.90. The second kappa shape index (κ2) is 12.1. The molecule has 2 unspecified atom stereocenters. The largest absolute Gasteiger partial charge is 0.502 e. The van der Waals surface area contributed by atoms with Crippen LogP contribution < -0.4 is 15.8 Å². The van der Waals surface area contributed by atoms with Crippen molar-refractivity contribution < 1.29 is 42.7 Å². The van der Waals surface area contributed by atoms with Gasteiger partial charge in [0.25, 0.3) is 0 Å². The Morgan fingerprint density at radius 2 is 1.72 bits per heavy atom. The second-order valence-electron chi connectivity index (χ2n) is 7.36. The summed E-state index contributed by atoms with van der Waals surface area (Å²) in [5.74, 6) is -3.08. The number of aliphatic hydroxyl groups is 1. The van der Waals surface area contributed by atoms with Crippen molar-refractivity contribution in [2.45, 2.75) is 36.8 Å². The molecule has 0 aliphatic heterocycles. The first-order valence-corrected chi connectivity index (χ1v) is 11.9. The van der Waals surface area contributed by atoms with Gasteiger partial charge in [-0.05, 0) is 42.8 Å². The first kappa shape index (κ1) is 28.2. The highest BCUT2D eigenvalue weighted by molar-refractivity contribution is 7.89. The Hall–Kier alpha value is -4.08. The highest BCUT2D eigenvalue weighted by atomic mass is 32.2. The van der Waals surface area contributed by atoms with E-state index in [9.17, 15) is 43.1 Å². The summed E-state index contributed by atoms with van der Waals surface area (Å²) in [5.41, 5.74) is -0.602. The number of rotatable bonds is 11. The first-order chi connectivity index (χ1) is 16.8. The van der Waals surface area contributed by atoms with E-state index in [-0.39, 0.29) is 29.2 Å². The van der Waals surface area contributed by atoms with Gasteiger partial charge >= 0.3 is 11.7 Å². The van der Waals surface area contributed by atoms with Gasteiger partial charge in [-0.1, -0.05) is 6.07 Å². The lowest BCUT2D eigenvalue weighted by Crippen LogP contribution is -2.46. The van der Waals surface area contributed by atoms with E-state index in [1.807, 2.05) is 0 Å². The van der Waals surface area contributed by atoms with E-state index in [2.05, 4.69) is 10.6 Å². The van der Waals surface area contributed by atoms with Crippen molar-refractivity contribution >= 4 is 39.2 Å². The number of phenols is 1. The minimum atomic E-state index is -3.90. The van der Waals surface area contributed by atoms with Crippen molar-refractivity contribution in [3.05, 3.63) is 58.1 Å². The number of nitrogens with zero attached hydrogens (tertiary/aromatic N) is 1. The highest BCUT2D eigenvalue weighted by Crippen LogP contribution is 2.30. The van der Waals surface area contributed by atoms with Gasteiger partial charge < -0.3 is 25.6 Å². The van der Waals surface area contributed by atoms with Crippen LogP contribution in [0.4, 0.5) is 11.4 Å². The normalized spacial score (nSPS) is 12.8. The average Bonchev–Trinajstić information content (AvgIpc) is 2.80. The first-order valence-electron chi connectivity index (χ1n) is 10.4. The zero-order valence-electron chi connectivity index (χ0n) is 18.9. The number of nitro benzene ring substituents is 1. The number of hydrogen-bond donors (Lipinski definition) is 5. The molecule has 0 heterocycles. The molecule has 2 amide bonds. The minimum Gasteiger partial charge on any atom is -0.502 e. The number of nitrogens with two attached hydrogens (primary N) is 1. The van der Waals surface area contributed by atoms with Gasteiger partial charge in [0.15, 0.2) is 11.8 Å². The number of aliphatic hydroxyl groups excluding tert-OH is 1. The quantitative estimate of drug-likeness (QED) is 0.155. The lowest BCUT2D eigenvalue weighted by atomic mass is 10.0. The molecule has 2 aromatic carbocycles. The zero-order chi connectivity index (χ0) is 27.0. The van der Waals surface area contributed by atoms with E-state index < -0.39 is 62.7 Å². The van der Waals surface area contributed by atoms with Gasteiger partial charge in [0.1, 0.15) is 6.10 Å². The minimum absolute atomic E-state index is 0.0830. The summed E-state index contributed by atoms with van der Waals surface area (Å²) in [4.78, 5) is 46.9. The molecule has 0 bridgehead atoms. The molecular formula is C21H24N4O10S. The molecule has 2 atom stereocenters. The van der Waals surface area contributed by atoms with E-state index >= 15 is 0 Å². The van der Waals surface area contributed by atoms with Crippen LogP contribution in [0.25, 0.3) is 0 Å². The van der Waals surface area contributed by atoms with Crippen molar-refractivity contribution in [1.29, 1.82) is 0 Å².